The van der Waals surface area contributed by atoms with Crippen LogP contribution in [0.2, 0.25) is 0 Å². The van der Waals surface area contributed by atoms with Gasteiger partial charge >= 0.3 is 0 Å². The molecule has 0 spiro atoms. The van der Waals surface area contributed by atoms with Gasteiger partial charge in [0.05, 0.1) is 17.3 Å². The zero-order valence-corrected chi connectivity index (χ0v) is 17.0. The number of nitrogens with zero attached hydrogens (tertiary/aromatic N) is 4. The van der Waals surface area contributed by atoms with Crippen LogP contribution in [0.3, 0.4) is 0 Å². The zero-order chi connectivity index (χ0) is 19.7. The molecular formula is C20H25N5O2S. The van der Waals surface area contributed by atoms with Crippen molar-refractivity contribution in [3.05, 3.63) is 36.5 Å². The van der Waals surface area contributed by atoms with E-state index in [0.717, 1.165) is 17.3 Å². The second kappa shape index (κ2) is 7.50. The van der Waals surface area contributed by atoms with Crippen LogP contribution in [0.5, 0.6) is 0 Å². The maximum absolute atomic E-state index is 12.2. The smallest absolute Gasteiger partial charge is 0.250 e. The van der Waals surface area contributed by atoms with Gasteiger partial charge in [0.15, 0.2) is 5.65 Å². The van der Waals surface area contributed by atoms with E-state index in [0.29, 0.717) is 17.4 Å². The lowest BCUT2D eigenvalue weighted by molar-refractivity contribution is 0.328. The van der Waals surface area contributed by atoms with Crippen molar-refractivity contribution in [1.82, 2.24) is 19.7 Å². The van der Waals surface area contributed by atoms with Crippen molar-refractivity contribution in [1.29, 1.82) is 0 Å². The molecule has 7 nitrogen and oxygen atoms in total. The molecule has 0 radical (unpaired) electrons. The highest BCUT2D eigenvalue weighted by Crippen LogP contribution is 2.30. The van der Waals surface area contributed by atoms with E-state index in [1.54, 1.807) is 10.9 Å². The van der Waals surface area contributed by atoms with Crippen molar-refractivity contribution >= 4 is 26.7 Å². The second-order valence-corrected chi connectivity index (χ2v) is 9.50. The Morgan fingerprint density at radius 2 is 1.82 bits per heavy atom. The first-order valence-electron chi connectivity index (χ1n) is 9.71. The number of aromatic nitrogens is 4. The van der Waals surface area contributed by atoms with Gasteiger partial charge in [-0.15, -0.1) is 0 Å². The van der Waals surface area contributed by atoms with Gasteiger partial charge in [-0.2, -0.15) is 10.1 Å². The largest absolute Gasteiger partial charge is 0.367 e. The highest BCUT2D eigenvalue weighted by atomic mass is 32.2. The molecule has 28 heavy (non-hydrogen) atoms. The summed E-state index contributed by atoms with van der Waals surface area (Å²) in [5, 5.41) is 8.45. The molecule has 0 aliphatic heterocycles. The van der Waals surface area contributed by atoms with Gasteiger partial charge in [0.25, 0.3) is 5.16 Å². The van der Waals surface area contributed by atoms with E-state index in [1.165, 1.54) is 32.1 Å². The van der Waals surface area contributed by atoms with E-state index in [2.05, 4.69) is 27.3 Å². The molecule has 1 N–H and O–H groups in total. The minimum Gasteiger partial charge on any atom is -0.367 e. The fraction of sp³-hybridized carbons (Fsp3) is 0.450. The average molecular weight is 400 g/mol. The summed E-state index contributed by atoms with van der Waals surface area (Å²) in [7, 11) is -3.56. The molecule has 3 aromatic rings. The quantitative estimate of drug-likeness (QED) is 0.659. The molecule has 148 valence electrons. The Balaban J connectivity index is 1.80. The molecule has 2 heterocycles. The molecule has 0 bridgehead atoms. The monoisotopic (exact) mass is 399 g/mol. The van der Waals surface area contributed by atoms with Gasteiger partial charge in [-0.3, -0.25) is 0 Å². The topological polar surface area (TPSA) is 89.8 Å². The van der Waals surface area contributed by atoms with Crippen LogP contribution in [0.15, 0.2) is 41.7 Å². The number of hydrogen-bond donors (Lipinski definition) is 1. The number of rotatable bonds is 5. The summed E-state index contributed by atoms with van der Waals surface area (Å²) in [5.41, 5.74) is 1.31. The van der Waals surface area contributed by atoms with E-state index in [9.17, 15) is 8.42 Å². The summed E-state index contributed by atoms with van der Waals surface area (Å²) < 4.78 is 26.1. The third-order valence-electron chi connectivity index (χ3n) is 5.46. The van der Waals surface area contributed by atoms with Gasteiger partial charge in [-0.05, 0) is 37.8 Å². The SMILES string of the molecule is CC(Nc1nc(S(C)(=O)=O)nc2c1cnn2-c1ccccc1)C1CCCCC1. The fourth-order valence-corrected chi connectivity index (χ4v) is 4.40. The normalized spacial score (nSPS) is 16.9. The highest BCUT2D eigenvalue weighted by Gasteiger charge is 2.24. The maximum atomic E-state index is 12.2. The average Bonchev–Trinajstić information content (AvgIpc) is 3.13. The first kappa shape index (κ1) is 18.9. The molecule has 1 atom stereocenters. The molecular weight excluding hydrogens is 374 g/mol. The van der Waals surface area contributed by atoms with E-state index in [-0.39, 0.29) is 11.2 Å². The van der Waals surface area contributed by atoms with Crippen LogP contribution >= 0.6 is 0 Å². The predicted molar refractivity (Wildman–Crippen MR) is 109 cm³/mol. The minimum atomic E-state index is -3.56. The number of anilines is 1. The van der Waals surface area contributed by atoms with Crippen molar-refractivity contribution < 1.29 is 8.42 Å². The Morgan fingerprint density at radius 3 is 2.50 bits per heavy atom. The zero-order valence-electron chi connectivity index (χ0n) is 16.2. The van der Waals surface area contributed by atoms with Crippen LogP contribution < -0.4 is 5.32 Å². The van der Waals surface area contributed by atoms with Crippen LogP contribution in [0, 0.1) is 5.92 Å². The van der Waals surface area contributed by atoms with Gasteiger partial charge in [-0.25, -0.2) is 18.1 Å². The lowest BCUT2D eigenvalue weighted by Gasteiger charge is -2.28. The minimum absolute atomic E-state index is 0.184. The third kappa shape index (κ3) is 3.73. The summed E-state index contributed by atoms with van der Waals surface area (Å²) in [4.78, 5) is 8.68. The summed E-state index contributed by atoms with van der Waals surface area (Å²) in [6, 6.07) is 9.76. The molecule has 4 rings (SSSR count). The van der Waals surface area contributed by atoms with Crippen LogP contribution in [-0.4, -0.2) is 40.5 Å². The number of para-hydroxylation sites is 1. The Bertz CT molecular complexity index is 1070. The van der Waals surface area contributed by atoms with Crippen molar-refractivity contribution in [2.24, 2.45) is 5.92 Å². The van der Waals surface area contributed by atoms with E-state index in [1.807, 2.05) is 30.3 Å². The van der Waals surface area contributed by atoms with Crippen LogP contribution in [0.4, 0.5) is 5.82 Å². The molecule has 1 unspecified atom stereocenters. The number of benzene rings is 1. The molecule has 1 aliphatic carbocycles. The first-order chi connectivity index (χ1) is 13.4. The van der Waals surface area contributed by atoms with Gasteiger partial charge in [0.2, 0.25) is 9.84 Å². The summed E-state index contributed by atoms with van der Waals surface area (Å²) in [5.74, 6) is 1.09. The molecule has 1 aromatic carbocycles. The van der Waals surface area contributed by atoms with Crippen molar-refractivity contribution in [3.8, 4) is 5.69 Å². The van der Waals surface area contributed by atoms with E-state index >= 15 is 0 Å². The Morgan fingerprint density at radius 1 is 1.11 bits per heavy atom. The second-order valence-electron chi connectivity index (χ2n) is 7.59. The van der Waals surface area contributed by atoms with Crippen LogP contribution in [0.1, 0.15) is 39.0 Å². The summed E-state index contributed by atoms with van der Waals surface area (Å²) >= 11 is 0. The Hall–Kier alpha value is -2.48. The Kier molecular flexibility index (Phi) is 5.05. The maximum Gasteiger partial charge on any atom is 0.250 e. The predicted octanol–water partition coefficient (Wildman–Crippen LogP) is 3.60. The summed E-state index contributed by atoms with van der Waals surface area (Å²) in [6.07, 6.45) is 8.99. The lowest BCUT2D eigenvalue weighted by Crippen LogP contribution is -2.28. The molecule has 0 amide bonds. The van der Waals surface area contributed by atoms with Crippen LogP contribution in [-0.2, 0) is 9.84 Å². The first-order valence-corrected chi connectivity index (χ1v) is 11.6. The highest BCUT2D eigenvalue weighted by molar-refractivity contribution is 7.90. The van der Waals surface area contributed by atoms with Crippen molar-refractivity contribution in [3.63, 3.8) is 0 Å². The molecule has 8 heteroatoms. The number of hydrogen-bond acceptors (Lipinski definition) is 6. The summed E-state index contributed by atoms with van der Waals surface area (Å²) in [6.45, 7) is 2.14. The van der Waals surface area contributed by atoms with Gasteiger partial charge in [0.1, 0.15) is 5.82 Å². The number of fused-ring (bicyclic) bond motifs is 1. The Labute approximate surface area is 165 Å². The number of nitrogens with one attached hydrogen (secondary N) is 1. The molecule has 1 aliphatic rings. The van der Waals surface area contributed by atoms with Crippen LogP contribution in [0.25, 0.3) is 16.7 Å². The van der Waals surface area contributed by atoms with Crippen molar-refractivity contribution in [2.75, 3.05) is 11.6 Å². The standard InChI is InChI=1S/C20H25N5O2S/c1-14(15-9-5-3-6-10-15)22-18-17-13-21-25(16-11-7-4-8-12-16)19(17)24-20(23-18)28(2,26)27/h4,7-8,11-15H,3,5-6,9-10H2,1-2H3,(H,22,23,24). The van der Waals surface area contributed by atoms with E-state index in [4.69, 9.17) is 0 Å². The molecule has 1 saturated carbocycles. The number of sulfone groups is 1. The third-order valence-corrected chi connectivity index (χ3v) is 6.31. The van der Waals surface area contributed by atoms with Gasteiger partial charge < -0.3 is 5.32 Å². The fourth-order valence-electron chi connectivity index (χ4n) is 3.89. The molecule has 1 fully saturated rings. The van der Waals surface area contributed by atoms with Crippen molar-refractivity contribution in [2.45, 2.75) is 50.2 Å². The van der Waals surface area contributed by atoms with E-state index < -0.39 is 9.84 Å². The lowest BCUT2D eigenvalue weighted by atomic mass is 9.84. The molecule has 2 aromatic heterocycles. The van der Waals surface area contributed by atoms with Gasteiger partial charge in [-0.1, -0.05) is 37.5 Å². The molecule has 0 saturated heterocycles. The van der Waals surface area contributed by atoms with Gasteiger partial charge in [0, 0.05) is 12.3 Å².